The Hall–Kier alpha value is -2.92. The van der Waals surface area contributed by atoms with Gasteiger partial charge in [-0.25, -0.2) is 24.6 Å². The first-order valence-corrected chi connectivity index (χ1v) is 8.23. The van der Waals surface area contributed by atoms with E-state index in [0.717, 1.165) is 18.9 Å². The first-order chi connectivity index (χ1) is 12.5. The van der Waals surface area contributed by atoms with E-state index in [9.17, 15) is 19.2 Å². The maximum Gasteiger partial charge on any atom is 0.404 e. The van der Waals surface area contributed by atoms with Crippen LogP contribution in [0.15, 0.2) is 9.98 Å². The minimum Gasteiger partial charge on any atom is -0.465 e. The first kappa shape index (κ1) is 26.3. The second kappa shape index (κ2) is 13.3. The Bertz CT molecular complexity index is 629. The summed E-state index contributed by atoms with van der Waals surface area (Å²) in [6.45, 7) is 8.08. The third-order valence-corrected chi connectivity index (χ3v) is 3.67. The molecule has 0 radical (unpaired) electrons. The number of unbranched alkanes of at least 4 members (excludes halogenated alkanes) is 1. The van der Waals surface area contributed by atoms with Crippen molar-refractivity contribution in [1.29, 1.82) is 5.41 Å². The lowest BCUT2D eigenvalue weighted by atomic mass is 9.66. The molecule has 0 aromatic rings. The van der Waals surface area contributed by atoms with Crippen molar-refractivity contribution in [2.75, 3.05) is 6.54 Å². The van der Waals surface area contributed by atoms with Gasteiger partial charge in [0.2, 0.25) is 18.2 Å². The summed E-state index contributed by atoms with van der Waals surface area (Å²) in [6.07, 6.45) is 5.44. The minimum absolute atomic E-state index is 0.180. The highest BCUT2D eigenvalue weighted by Crippen LogP contribution is 2.42. The molecule has 27 heavy (non-hydrogen) atoms. The molecule has 1 fully saturated rings. The molecule has 1 aliphatic rings. The lowest BCUT2D eigenvalue weighted by molar-refractivity contribution is -0.126. The zero-order valence-corrected chi connectivity index (χ0v) is 16.0. The highest BCUT2D eigenvalue weighted by Gasteiger charge is 2.49. The molecule has 10 nitrogen and oxygen atoms in total. The van der Waals surface area contributed by atoms with Gasteiger partial charge in [0.25, 0.3) is 0 Å². The third-order valence-electron chi connectivity index (χ3n) is 3.67. The second-order valence-electron chi connectivity index (χ2n) is 6.85. The van der Waals surface area contributed by atoms with Crippen molar-refractivity contribution in [2.24, 2.45) is 15.4 Å². The van der Waals surface area contributed by atoms with Gasteiger partial charge in [0.15, 0.2) is 5.78 Å². The van der Waals surface area contributed by atoms with Gasteiger partial charge in [-0.15, -0.1) is 0 Å². The predicted molar refractivity (Wildman–Crippen MR) is 95.8 cm³/mol. The molecule has 0 spiro atoms. The Morgan fingerprint density at radius 3 is 2.26 bits per heavy atom. The largest absolute Gasteiger partial charge is 0.465 e. The van der Waals surface area contributed by atoms with Crippen LogP contribution in [0.25, 0.3) is 0 Å². The van der Waals surface area contributed by atoms with Gasteiger partial charge in [-0.2, -0.15) is 9.98 Å². The number of carboxylic acid groups (broad SMARTS) is 1. The fourth-order valence-corrected chi connectivity index (χ4v) is 2.88. The van der Waals surface area contributed by atoms with E-state index in [0.29, 0.717) is 19.4 Å². The van der Waals surface area contributed by atoms with Crippen molar-refractivity contribution in [3.8, 4) is 0 Å². The molecule has 3 N–H and O–H groups in total. The summed E-state index contributed by atoms with van der Waals surface area (Å²) in [6, 6.07) is -0.903. The highest BCUT2D eigenvalue weighted by molar-refractivity contribution is 5.88. The van der Waals surface area contributed by atoms with Gasteiger partial charge in [-0.05, 0) is 25.2 Å². The van der Waals surface area contributed by atoms with E-state index in [1.54, 1.807) is 6.92 Å². The minimum atomic E-state index is -0.974. The second-order valence-corrected chi connectivity index (χ2v) is 6.85. The summed E-state index contributed by atoms with van der Waals surface area (Å²) in [4.78, 5) is 57.8. The van der Waals surface area contributed by atoms with Crippen LogP contribution in [0.5, 0.6) is 0 Å². The molecule has 2 unspecified atom stereocenters. The average molecular weight is 382 g/mol. The summed E-state index contributed by atoms with van der Waals surface area (Å²) in [5.74, 6) is -0.180. The van der Waals surface area contributed by atoms with Gasteiger partial charge in [-0.3, -0.25) is 4.79 Å². The summed E-state index contributed by atoms with van der Waals surface area (Å²) in [5.41, 5.74) is -1.22. The lowest BCUT2D eigenvalue weighted by Gasteiger charge is -2.41. The molecule has 1 aliphatic carbocycles. The zero-order chi connectivity index (χ0) is 21.5. The van der Waals surface area contributed by atoms with E-state index in [1.165, 1.54) is 12.2 Å². The normalized spacial score (nSPS) is 22.1. The Labute approximate surface area is 157 Å². The first-order valence-electron chi connectivity index (χ1n) is 8.23. The standard InChI is InChI=1S/C11H14N2O3.C5H11NO2.CHNO/c1-10(2)4-8(16)9(12-6-14)11(3,5-10)13-7-15;1-2-3-4-6-5(7)8;2-1-3/h9H,4-5H2,1-3H3;6H,2-4H2,1H3,(H,7,8);2H. The number of rotatable bonds is 5. The van der Waals surface area contributed by atoms with E-state index in [2.05, 4.69) is 15.3 Å². The molecular weight excluding hydrogens is 356 g/mol. The number of hydrogen-bond donors (Lipinski definition) is 3. The van der Waals surface area contributed by atoms with Gasteiger partial charge in [0.1, 0.15) is 11.6 Å². The zero-order valence-electron chi connectivity index (χ0n) is 16.0. The van der Waals surface area contributed by atoms with Crippen molar-refractivity contribution in [2.45, 2.75) is 65.0 Å². The van der Waals surface area contributed by atoms with E-state index in [4.69, 9.17) is 15.3 Å². The smallest absolute Gasteiger partial charge is 0.404 e. The molecule has 0 heterocycles. The van der Waals surface area contributed by atoms with Gasteiger partial charge < -0.3 is 10.4 Å². The SMILES string of the molecule is CC1(C)CC(=O)C(N=C=O)C(C)(N=C=O)C1.CCCCNC(=O)O.N=C=O. The molecule has 1 amide bonds. The molecule has 0 aromatic carbocycles. The van der Waals surface area contributed by atoms with E-state index in [-0.39, 0.29) is 11.2 Å². The molecule has 150 valence electrons. The van der Waals surface area contributed by atoms with Crippen LogP contribution < -0.4 is 5.32 Å². The number of amides is 1. The van der Waals surface area contributed by atoms with E-state index in [1.807, 2.05) is 20.8 Å². The lowest BCUT2D eigenvalue weighted by Crippen LogP contribution is -2.50. The number of carbonyl (C=O) groups excluding carboxylic acids is 4. The molecule has 0 bridgehead atoms. The molecule has 1 rings (SSSR count). The summed E-state index contributed by atoms with van der Waals surface area (Å²) in [7, 11) is 0. The summed E-state index contributed by atoms with van der Waals surface area (Å²) < 4.78 is 0. The van der Waals surface area contributed by atoms with Crippen LogP contribution in [-0.2, 0) is 19.2 Å². The monoisotopic (exact) mass is 382 g/mol. The molecule has 2 atom stereocenters. The Balaban J connectivity index is 0. The highest BCUT2D eigenvalue weighted by atomic mass is 16.4. The molecule has 0 aromatic heterocycles. The number of aliphatic imine (C=N–C) groups is 2. The van der Waals surface area contributed by atoms with Crippen molar-refractivity contribution in [1.82, 2.24) is 5.32 Å². The Kier molecular flexibility index (Phi) is 13.0. The molecule has 0 aliphatic heterocycles. The van der Waals surface area contributed by atoms with E-state index >= 15 is 0 Å². The van der Waals surface area contributed by atoms with E-state index < -0.39 is 17.7 Å². The Morgan fingerprint density at radius 2 is 1.85 bits per heavy atom. The Morgan fingerprint density at radius 1 is 1.30 bits per heavy atom. The van der Waals surface area contributed by atoms with Crippen molar-refractivity contribution < 1.29 is 29.1 Å². The number of nitrogens with zero attached hydrogens (tertiary/aromatic N) is 2. The van der Waals surface area contributed by atoms with Gasteiger partial charge >= 0.3 is 6.09 Å². The van der Waals surface area contributed by atoms with Gasteiger partial charge in [0, 0.05) is 13.0 Å². The fraction of sp³-hybridized carbons (Fsp3) is 0.706. The number of carbonyl (C=O) groups is 2. The van der Waals surface area contributed by atoms with Crippen molar-refractivity contribution in [3.63, 3.8) is 0 Å². The average Bonchev–Trinajstić information content (AvgIpc) is 2.51. The summed E-state index contributed by atoms with van der Waals surface area (Å²) in [5, 5.41) is 15.7. The van der Waals surface area contributed by atoms with Crippen LogP contribution in [0.4, 0.5) is 4.79 Å². The van der Waals surface area contributed by atoms with Crippen LogP contribution in [0, 0.1) is 10.8 Å². The number of nitrogens with one attached hydrogen (secondary N) is 2. The van der Waals surface area contributed by atoms with Crippen LogP contribution in [0.3, 0.4) is 0 Å². The quantitative estimate of drug-likeness (QED) is 0.374. The number of hydrogen-bond acceptors (Lipinski definition) is 8. The third kappa shape index (κ3) is 11.3. The van der Waals surface area contributed by atoms with Gasteiger partial charge in [0.05, 0.1) is 0 Å². The fourth-order valence-electron chi connectivity index (χ4n) is 2.88. The van der Waals surface area contributed by atoms with Crippen molar-refractivity contribution in [3.05, 3.63) is 0 Å². The topological polar surface area (TPSA) is 166 Å². The predicted octanol–water partition coefficient (Wildman–Crippen LogP) is 2.13. The molecular formula is C17H26N4O6. The number of Topliss-reactive ketones (excluding diaryl/α,β-unsaturated/α-hetero) is 1. The molecule has 1 saturated carbocycles. The maximum absolute atomic E-state index is 11.8. The molecule has 0 saturated heterocycles. The van der Waals surface area contributed by atoms with Crippen LogP contribution in [0.2, 0.25) is 0 Å². The van der Waals surface area contributed by atoms with Crippen LogP contribution in [0.1, 0.15) is 53.4 Å². The number of ketones is 1. The van der Waals surface area contributed by atoms with Gasteiger partial charge in [-0.1, -0.05) is 27.2 Å². The number of isocyanates is 3. The molecule has 10 heteroatoms. The maximum atomic E-state index is 11.8. The van der Waals surface area contributed by atoms with Crippen molar-refractivity contribution >= 4 is 30.1 Å². The summed E-state index contributed by atoms with van der Waals surface area (Å²) >= 11 is 0. The van der Waals surface area contributed by atoms with Crippen LogP contribution >= 0.6 is 0 Å². The van der Waals surface area contributed by atoms with Crippen LogP contribution in [-0.4, -0.2) is 53.3 Å².